The number of carbonyl (C=O) groups is 2. The van der Waals surface area contributed by atoms with Crippen molar-refractivity contribution in [3.05, 3.63) is 75.7 Å². The van der Waals surface area contributed by atoms with E-state index < -0.39 is 35.2 Å². The number of hydrogen-bond donors (Lipinski definition) is 1. The highest BCUT2D eigenvalue weighted by Crippen LogP contribution is 2.58. The number of nitrogens with one attached hydrogen (secondary N) is 1. The largest absolute Gasteiger partial charge is 0.406 e. The quantitative estimate of drug-likeness (QED) is 0.457. The summed E-state index contributed by atoms with van der Waals surface area (Å²) in [4.78, 5) is 42.0. The van der Waals surface area contributed by atoms with Gasteiger partial charge in [0, 0.05) is 45.6 Å². The van der Waals surface area contributed by atoms with Crippen molar-refractivity contribution in [2.75, 3.05) is 32.0 Å². The smallest absolute Gasteiger partial charge is 0.343 e. The Hall–Kier alpha value is -4.00. The number of carbonyl (C=O) groups excluding carboxylic acids is 2. The van der Waals surface area contributed by atoms with E-state index in [1.54, 1.807) is 35.3 Å². The van der Waals surface area contributed by atoms with Crippen molar-refractivity contribution >= 4 is 17.5 Å². The lowest BCUT2D eigenvalue weighted by Gasteiger charge is -2.52. The fraction of sp³-hybridized carbons (Fsp3) is 0.483. The first-order chi connectivity index (χ1) is 19.7. The standard InChI is InChI=1S/C29H34F3N7O3/c1-27(2)15-28(16-27,26-35-33-18-37(26)4)20-6-5-7-21(11-20)34-24(41)22-10-19(12-38-9-8-36(3)23(40)14-38)13-39(25(22)42)17-29(30,31)32/h5-7,10-11,13,18H,8-9,12,14-17H2,1-4H3,(H,34,41). The van der Waals surface area contributed by atoms with Crippen LogP contribution in [0.5, 0.6) is 0 Å². The number of halogens is 3. The summed E-state index contributed by atoms with van der Waals surface area (Å²) in [5.41, 5.74) is -0.156. The van der Waals surface area contributed by atoms with Crippen LogP contribution in [-0.2, 0) is 30.3 Å². The second-order valence-electron chi connectivity index (χ2n) is 12.2. The maximum absolute atomic E-state index is 13.4. The number of alkyl halides is 3. The van der Waals surface area contributed by atoms with Crippen molar-refractivity contribution in [2.24, 2.45) is 12.5 Å². The van der Waals surface area contributed by atoms with E-state index >= 15 is 0 Å². The van der Waals surface area contributed by atoms with Gasteiger partial charge in [0.15, 0.2) is 0 Å². The van der Waals surface area contributed by atoms with Crippen molar-refractivity contribution in [3.8, 4) is 0 Å². The molecule has 2 aliphatic rings. The fourth-order valence-electron chi connectivity index (χ4n) is 6.34. The Morgan fingerprint density at radius 3 is 2.45 bits per heavy atom. The van der Waals surface area contributed by atoms with Gasteiger partial charge in [-0.25, -0.2) is 0 Å². The van der Waals surface area contributed by atoms with Gasteiger partial charge in [-0.2, -0.15) is 13.2 Å². The lowest BCUT2D eigenvalue weighted by Crippen LogP contribution is -2.49. The van der Waals surface area contributed by atoms with Gasteiger partial charge in [0.1, 0.15) is 24.3 Å². The SMILES string of the molecule is CN1CCN(Cc2cc(C(=O)Nc3cccc(C4(c5nncn5C)CC(C)(C)C4)c3)c(=O)n(CC(F)(F)F)c2)CC1=O. The zero-order valence-corrected chi connectivity index (χ0v) is 24.0. The number of benzene rings is 1. The summed E-state index contributed by atoms with van der Waals surface area (Å²) in [5.74, 6) is -0.127. The molecular formula is C29H34F3N7O3. The molecule has 1 saturated carbocycles. The number of aromatic nitrogens is 4. The van der Waals surface area contributed by atoms with Gasteiger partial charge in [0.05, 0.1) is 12.0 Å². The highest BCUT2D eigenvalue weighted by Gasteiger charge is 2.54. The van der Waals surface area contributed by atoms with E-state index in [9.17, 15) is 27.6 Å². The number of anilines is 1. The Bertz CT molecular complexity index is 1570. The molecule has 0 atom stereocenters. The number of likely N-dealkylation sites (N-methyl/N-ethyl adjacent to an activating group) is 1. The fourth-order valence-corrected chi connectivity index (χ4v) is 6.34. The average molecular weight is 586 g/mol. The third-order valence-corrected chi connectivity index (χ3v) is 8.05. The van der Waals surface area contributed by atoms with E-state index in [1.165, 1.54) is 6.07 Å². The third kappa shape index (κ3) is 5.96. The van der Waals surface area contributed by atoms with Crippen molar-refractivity contribution < 1.29 is 22.8 Å². The molecule has 1 aliphatic heterocycles. The molecule has 1 saturated heterocycles. The molecule has 0 unspecified atom stereocenters. The Morgan fingerprint density at radius 2 is 1.83 bits per heavy atom. The molecule has 0 spiro atoms. The summed E-state index contributed by atoms with van der Waals surface area (Å²) in [5, 5.41) is 11.1. The summed E-state index contributed by atoms with van der Waals surface area (Å²) in [6.45, 7) is 4.00. The molecule has 13 heteroatoms. The van der Waals surface area contributed by atoms with Gasteiger partial charge in [0.25, 0.3) is 11.5 Å². The Morgan fingerprint density at radius 1 is 1.10 bits per heavy atom. The minimum Gasteiger partial charge on any atom is -0.343 e. The molecule has 1 N–H and O–H groups in total. The van der Waals surface area contributed by atoms with Crippen LogP contribution in [0.3, 0.4) is 0 Å². The van der Waals surface area contributed by atoms with Crippen molar-refractivity contribution in [1.29, 1.82) is 0 Å². The summed E-state index contributed by atoms with van der Waals surface area (Å²) in [7, 11) is 3.56. The number of hydrogen-bond acceptors (Lipinski definition) is 6. The van der Waals surface area contributed by atoms with Crippen LogP contribution in [0.25, 0.3) is 0 Å². The Balaban J connectivity index is 1.45. The molecule has 3 heterocycles. The van der Waals surface area contributed by atoms with E-state index in [-0.39, 0.29) is 24.4 Å². The van der Waals surface area contributed by atoms with E-state index in [0.29, 0.717) is 28.9 Å². The molecular weight excluding hydrogens is 551 g/mol. The van der Waals surface area contributed by atoms with Gasteiger partial charge in [-0.3, -0.25) is 19.3 Å². The van der Waals surface area contributed by atoms with Crippen LogP contribution in [0.2, 0.25) is 0 Å². The Labute approximate surface area is 241 Å². The zero-order valence-electron chi connectivity index (χ0n) is 24.0. The summed E-state index contributed by atoms with van der Waals surface area (Å²) >= 11 is 0. The highest BCUT2D eigenvalue weighted by atomic mass is 19.4. The lowest BCUT2D eigenvalue weighted by molar-refractivity contribution is -0.141. The molecule has 0 bridgehead atoms. The molecule has 1 aliphatic carbocycles. The van der Waals surface area contributed by atoms with Crippen LogP contribution in [-0.4, -0.2) is 73.8 Å². The minimum atomic E-state index is -4.67. The topological polar surface area (TPSA) is 105 Å². The Kier molecular flexibility index (Phi) is 7.50. The van der Waals surface area contributed by atoms with Gasteiger partial charge in [-0.1, -0.05) is 26.0 Å². The number of aryl methyl sites for hydroxylation is 1. The van der Waals surface area contributed by atoms with Crippen LogP contribution in [0.4, 0.5) is 18.9 Å². The van der Waals surface area contributed by atoms with Crippen LogP contribution < -0.4 is 10.9 Å². The van der Waals surface area contributed by atoms with Crippen LogP contribution in [0.1, 0.15) is 54.0 Å². The van der Waals surface area contributed by atoms with Crippen LogP contribution in [0.15, 0.2) is 47.7 Å². The summed E-state index contributed by atoms with van der Waals surface area (Å²) in [6, 6.07) is 8.54. The van der Waals surface area contributed by atoms with Gasteiger partial charge >= 0.3 is 6.18 Å². The van der Waals surface area contributed by atoms with Gasteiger partial charge in [-0.15, -0.1) is 10.2 Å². The molecule has 2 fully saturated rings. The van der Waals surface area contributed by atoms with E-state index in [1.807, 2.05) is 23.7 Å². The van der Waals surface area contributed by atoms with Gasteiger partial charge in [0.2, 0.25) is 5.91 Å². The molecule has 2 aromatic heterocycles. The molecule has 42 heavy (non-hydrogen) atoms. The highest BCUT2D eigenvalue weighted by molar-refractivity contribution is 6.04. The second-order valence-corrected chi connectivity index (χ2v) is 12.2. The van der Waals surface area contributed by atoms with Crippen LogP contribution >= 0.6 is 0 Å². The molecule has 5 rings (SSSR count). The van der Waals surface area contributed by atoms with E-state index in [0.717, 1.165) is 30.4 Å². The first kappa shape index (κ1) is 29.5. The molecule has 1 aromatic carbocycles. The van der Waals surface area contributed by atoms with Crippen molar-refractivity contribution in [3.63, 3.8) is 0 Å². The lowest BCUT2D eigenvalue weighted by atomic mass is 9.51. The molecule has 10 nitrogen and oxygen atoms in total. The third-order valence-electron chi connectivity index (χ3n) is 8.05. The normalized spacial score (nSPS) is 18.5. The zero-order chi connectivity index (χ0) is 30.4. The van der Waals surface area contributed by atoms with Crippen molar-refractivity contribution in [2.45, 2.75) is 51.4 Å². The molecule has 0 radical (unpaired) electrons. The second kappa shape index (κ2) is 10.7. The van der Waals surface area contributed by atoms with Gasteiger partial charge < -0.3 is 19.4 Å². The monoisotopic (exact) mass is 585 g/mol. The number of rotatable bonds is 7. The maximum Gasteiger partial charge on any atom is 0.406 e. The van der Waals surface area contributed by atoms with E-state index in [2.05, 4.69) is 29.4 Å². The first-order valence-electron chi connectivity index (χ1n) is 13.7. The van der Waals surface area contributed by atoms with Crippen molar-refractivity contribution in [1.82, 2.24) is 29.1 Å². The van der Waals surface area contributed by atoms with Crippen LogP contribution in [0, 0.1) is 5.41 Å². The maximum atomic E-state index is 13.4. The predicted octanol–water partition coefficient (Wildman–Crippen LogP) is 3.17. The minimum absolute atomic E-state index is 0.0730. The van der Waals surface area contributed by atoms with E-state index in [4.69, 9.17) is 0 Å². The molecule has 3 aromatic rings. The molecule has 2 amide bonds. The first-order valence-corrected chi connectivity index (χ1v) is 13.7. The number of piperazine rings is 1. The predicted molar refractivity (Wildman–Crippen MR) is 149 cm³/mol. The number of pyridine rings is 1. The number of nitrogens with zero attached hydrogens (tertiary/aromatic N) is 6. The number of amides is 2. The van der Waals surface area contributed by atoms with Gasteiger partial charge in [-0.05, 0) is 47.6 Å². The summed E-state index contributed by atoms with van der Waals surface area (Å²) < 4.78 is 42.4. The average Bonchev–Trinajstić information content (AvgIpc) is 3.31. The molecule has 224 valence electrons. The summed E-state index contributed by atoms with van der Waals surface area (Å²) in [6.07, 6.45) is -0.297.